The number of alkyl carbamates (subject to hydrolysis) is 1. The maximum atomic E-state index is 11.2. The minimum Gasteiger partial charge on any atom is -0.478 e. The molecule has 7 nitrogen and oxygen atoms in total. The van der Waals surface area contributed by atoms with Crippen LogP contribution in [-0.2, 0) is 11.3 Å². The lowest BCUT2D eigenvalue weighted by Gasteiger charge is -2.02. The number of fused-ring (bicyclic) bond motifs is 1. The number of carboxylic acid groups (broad SMARTS) is 1. The predicted molar refractivity (Wildman–Crippen MR) is 70.5 cm³/mol. The number of ether oxygens (including phenoxy) is 1. The summed E-state index contributed by atoms with van der Waals surface area (Å²) in [7, 11) is 0. The minimum atomic E-state index is -1.01. The Morgan fingerprint density at radius 1 is 1.55 bits per heavy atom. The second kappa shape index (κ2) is 5.87. The van der Waals surface area contributed by atoms with E-state index in [1.165, 1.54) is 18.2 Å². The first kappa shape index (κ1) is 13.6. The lowest BCUT2D eigenvalue weighted by molar-refractivity contribution is 0.0696. The molecule has 0 spiro atoms. The summed E-state index contributed by atoms with van der Waals surface area (Å²) in [4.78, 5) is 26.3. The van der Waals surface area contributed by atoms with E-state index in [2.05, 4.69) is 16.9 Å². The van der Waals surface area contributed by atoms with Crippen molar-refractivity contribution in [3.8, 4) is 0 Å². The number of hydrogen-bond acceptors (Lipinski definition) is 4. The molecule has 2 aromatic rings. The highest BCUT2D eigenvalue weighted by atomic mass is 16.5. The fourth-order valence-electron chi connectivity index (χ4n) is 1.60. The number of amides is 1. The van der Waals surface area contributed by atoms with E-state index >= 15 is 0 Å². The smallest absolute Gasteiger partial charge is 0.407 e. The van der Waals surface area contributed by atoms with Crippen molar-refractivity contribution in [3.05, 3.63) is 48.4 Å². The van der Waals surface area contributed by atoms with Crippen molar-refractivity contribution in [2.45, 2.75) is 6.54 Å². The van der Waals surface area contributed by atoms with Gasteiger partial charge in [-0.3, -0.25) is 0 Å². The zero-order valence-electron chi connectivity index (χ0n) is 10.6. The van der Waals surface area contributed by atoms with Gasteiger partial charge < -0.3 is 19.6 Å². The van der Waals surface area contributed by atoms with Crippen LogP contribution in [0.15, 0.2) is 37.2 Å². The molecule has 0 aliphatic heterocycles. The number of nitrogens with one attached hydrogen (secondary N) is 1. The number of rotatable bonds is 5. The van der Waals surface area contributed by atoms with Gasteiger partial charge in [0.25, 0.3) is 0 Å². The molecule has 2 rings (SSSR count). The Hall–Kier alpha value is -2.83. The van der Waals surface area contributed by atoms with Gasteiger partial charge in [-0.05, 0) is 12.1 Å². The van der Waals surface area contributed by atoms with Crippen LogP contribution < -0.4 is 5.32 Å². The molecule has 0 saturated heterocycles. The molecule has 2 N–H and O–H groups in total. The highest BCUT2D eigenvalue weighted by Crippen LogP contribution is 2.08. The van der Waals surface area contributed by atoms with E-state index < -0.39 is 12.1 Å². The molecule has 2 aromatic heterocycles. The van der Waals surface area contributed by atoms with Crippen LogP contribution in [0.25, 0.3) is 5.65 Å². The van der Waals surface area contributed by atoms with Crippen LogP contribution in [0.3, 0.4) is 0 Å². The van der Waals surface area contributed by atoms with Crippen LogP contribution in [0.2, 0.25) is 0 Å². The van der Waals surface area contributed by atoms with E-state index in [-0.39, 0.29) is 18.7 Å². The van der Waals surface area contributed by atoms with E-state index in [4.69, 9.17) is 9.84 Å². The van der Waals surface area contributed by atoms with Gasteiger partial charge >= 0.3 is 12.1 Å². The molecule has 0 aliphatic carbocycles. The van der Waals surface area contributed by atoms with Crippen molar-refractivity contribution in [1.82, 2.24) is 14.7 Å². The number of pyridine rings is 1. The topological polar surface area (TPSA) is 92.9 Å². The molecule has 0 fully saturated rings. The standard InChI is InChI=1S/C13H13N3O4/c1-2-5-20-13(19)14-7-10-8-16-4-3-9(12(17)18)6-11(16)15-10/h2-4,6,8H,1,5,7H2,(H,14,19)(H,17,18). The molecule has 20 heavy (non-hydrogen) atoms. The highest BCUT2D eigenvalue weighted by molar-refractivity contribution is 5.88. The first-order valence-electron chi connectivity index (χ1n) is 5.82. The molecule has 1 amide bonds. The molecule has 2 heterocycles. The van der Waals surface area contributed by atoms with Crippen molar-refractivity contribution in [2.75, 3.05) is 6.61 Å². The zero-order valence-corrected chi connectivity index (χ0v) is 10.6. The van der Waals surface area contributed by atoms with Crippen LogP contribution in [-0.4, -0.2) is 33.2 Å². The summed E-state index contributed by atoms with van der Waals surface area (Å²) in [6.07, 6.45) is 4.21. The molecular formula is C13H13N3O4. The van der Waals surface area contributed by atoms with Gasteiger partial charge in [0.1, 0.15) is 12.3 Å². The molecule has 0 unspecified atom stereocenters. The zero-order chi connectivity index (χ0) is 14.5. The summed E-state index contributed by atoms with van der Waals surface area (Å²) in [5, 5.41) is 11.4. The molecule has 0 aliphatic rings. The van der Waals surface area contributed by atoms with Gasteiger partial charge in [0, 0.05) is 12.4 Å². The molecular weight excluding hydrogens is 262 g/mol. The Morgan fingerprint density at radius 3 is 3.05 bits per heavy atom. The summed E-state index contributed by atoms with van der Waals surface area (Å²) in [6, 6.07) is 2.94. The Kier molecular flexibility index (Phi) is 3.99. The molecule has 0 atom stereocenters. The monoisotopic (exact) mass is 275 g/mol. The molecule has 0 bridgehead atoms. The number of aromatic nitrogens is 2. The average molecular weight is 275 g/mol. The third-order valence-electron chi connectivity index (χ3n) is 2.50. The molecule has 0 saturated carbocycles. The van der Waals surface area contributed by atoms with Crippen molar-refractivity contribution in [3.63, 3.8) is 0 Å². The van der Waals surface area contributed by atoms with Crippen LogP contribution in [0.5, 0.6) is 0 Å². The summed E-state index contributed by atoms with van der Waals surface area (Å²) < 4.78 is 6.44. The summed E-state index contributed by atoms with van der Waals surface area (Å²) in [5.41, 5.74) is 1.26. The van der Waals surface area contributed by atoms with Crippen LogP contribution in [0.4, 0.5) is 4.79 Å². The van der Waals surface area contributed by atoms with Crippen molar-refractivity contribution in [2.24, 2.45) is 0 Å². The SMILES string of the molecule is C=CCOC(=O)NCc1cn2ccc(C(=O)O)cc2n1. The number of nitrogens with zero attached hydrogens (tertiary/aromatic N) is 2. The van der Waals surface area contributed by atoms with Crippen LogP contribution in [0, 0.1) is 0 Å². The Bertz CT molecular complexity index is 663. The van der Waals surface area contributed by atoms with Crippen LogP contribution in [0.1, 0.15) is 16.1 Å². The van der Waals surface area contributed by atoms with Crippen molar-refractivity contribution < 1.29 is 19.4 Å². The average Bonchev–Trinajstić information content (AvgIpc) is 2.84. The fourth-order valence-corrected chi connectivity index (χ4v) is 1.60. The normalized spacial score (nSPS) is 10.2. The van der Waals surface area contributed by atoms with Gasteiger partial charge in [-0.25, -0.2) is 14.6 Å². The number of carbonyl (C=O) groups is 2. The van der Waals surface area contributed by atoms with Gasteiger partial charge in [-0.1, -0.05) is 12.7 Å². The van der Waals surface area contributed by atoms with E-state index in [0.717, 1.165) is 0 Å². The Labute approximate surface area is 114 Å². The second-order valence-corrected chi connectivity index (χ2v) is 3.96. The summed E-state index contributed by atoms with van der Waals surface area (Å²) >= 11 is 0. The van der Waals surface area contributed by atoms with Crippen molar-refractivity contribution in [1.29, 1.82) is 0 Å². The molecule has 7 heteroatoms. The highest BCUT2D eigenvalue weighted by Gasteiger charge is 2.08. The first-order valence-corrected chi connectivity index (χ1v) is 5.82. The number of aromatic carboxylic acids is 1. The number of carbonyl (C=O) groups excluding carboxylic acids is 1. The van der Waals surface area contributed by atoms with E-state index in [0.29, 0.717) is 11.3 Å². The number of hydrogen-bond donors (Lipinski definition) is 2. The van der Waals surface area contributed by atoms with Gasteiger partial charge in [-0.15, -0.1) is 0 Å². The quantitative estimate of drug-likeness (QED) is 0.805. The van der Waals surface area contributed by atoms with Gasteiger partial charge in [-0.2, -0.15) is 0 Å². The van der Waals surface area contributed by atoms with Crippen LogP contribution >= 0.6 is 0 Å². The van der Waals surface area contributed by atoms with Crippen molar-refractivity contribution >= 4 is 17.7 Å². The lowest BCUT2D eigenvalue weighted by Crippen LogP contribution is -2.23. The van der Waals surface area contributed by atoms with E-state index in [9.17, 15) is 9.59 Å². The third-order valence-corrected chi connectivity index (χ3v) is 2.50. The number of carboxylic acids is 1. The van der Waals surface area contributed by atoms with E-state index in [1.54, 1.807) is 16.8 Å². The third kappa shape index (κ3) is 3.14. The fraction of sp³-hybridized carbons (Fsp3) is 0.154. The lowest BCUT2D eigenvalue weighted by atomic mass is 10.3. The summed E-state index contributed by atoms with van der Waals surface area (Å²) in [5.74, 6) is -1.01. The maximum Gasteiger partial charge on any atom is 0.407 e. The summed E-state index contributed by atoms with van der Waals surface area (Å²) in [6.45, 7) is 3.77. The van der Waals surface area contributed by atoms with Gasteiger partial charge in [0.2, 0.25) is 0 Å². The second-order valence-electron chi connectivity index (χ2n) is 3.96. The Morgan fingerprint density at radius 2 is 2.35 bits per heavy atom. The first-order chi connectivity index (χ1) is 9.60. The predicted octanol–water partition coefficient (Wildman–Crippen LogP) is 1.44. The molecule has 0 aromatic carbocycles. The van der Waals surface area contributed by atoms with E-state index in [1.807, 2.05) is 0 Å². The van der Waals surface area contributed by atoms with Gasteiger partial charge in [0.05, 0.1) is 17.8 Å². The molecule has 104 valence electrons. The maximum absolute atomic E-state index is 11.2. The number of imidazole rings is 1. The Balaban J connectivity index is 2.06. The molecule has 0 radical (unpaired) electrons. The minimum absolute atomic E-state index is 0.138. The van der Waals surface area contributed by atoms with Gasteiger partial charge in [0.15, 0.2) is 0 Å². The largest absolute Gasteiger partial charge is 0.478 e.